The van der Waals surface area contributed by atoms with Gasteiger partial charge in [0.05, 0.1) is 22.6 Å². The number of aliphatic carboxylic acids is 1. The van der Waals surface area contributed by atoms with Gasteiger partial charge in [-0.3, -0.25) is 4.68 Å². The molecule has 10 nitrogen and oxygen atoms in total. The molecule has 2 N–H and O–H groups in total. The van der Waals surface area contributed by atoms with Crippen LogP contribution in [0.4, 0.5) is 5.82 Å². The third-order valence-corrected chi connectivity index (χ3v) is 8.01. The highest BCUT2D eigenvalue weighted by molar-refractivity contribution is 5.79. The Labute approximate surface area is 226 Å². The molecule has 4 aromatic rings. The van der Waals surface area contributed by atoms with Crippen LogP contribution in [0.15, 0.2) is 42.6 Å². The highest BCUT2D eigenvalue weighted by atomic mass is 16.5. The molecular weight excluding hydrogens is 496 g/mol. The molecule has 1 atom stereocenters. The van der Waals surface area contributed by atoms with Crippen LogP contribution < -0.4 is 4.90 Å². The van der Waals surface area contributed by atoms with Gasteiger partial charge >= 0.3 is 5.97 Å². The second-order valence-electron chi connectivity index (χ2n) is 10.9. The topological polar surface area (TPSA) is 118 Å². The summed E-state index contributed by atoms with van der Waals surface area (Å²) >= 11 is 0. The maximum atomic E-state index is 11.9. The van der Waals surface area contributed by atoms with E-state index in [4.69, 9.17) is 14.9 Å². The number of fused-ring (bicyclic) bond motifs is 7. The number of benzene rings is 1. The Bertz CT molecular complexity index is 1520. The molecule has 39 heavy (non-hydrogen) atoms. The minimum atomic E-state index is -1.71. The molecule has 1 aromatic carbocycles. The van der Waals surface area contributed by atoms with E-state index in [0.29, 0.717) is 42.5 Å². The first-order valence-corrected chi connectivity index (χ1v) is 13.7. The lowest BCUT2D eigenvalue weighted by atomic mass is 9.92. The van der Waals surface area contributed by atoms with E-state index in [1.54, 1.807) is 11.4 Å². The lowest BCUT2D eigenvalue weighted by Gasteiger charge is -2.41. The quantitative estimate of drug-likeness (QED) is 0.395. The van der Waals surface area contributed by atoms with Crippen molar-refractivity contribution in [1.29, 1.82) is 0 Å². The van der Waals surface area contributed by atoms with Gasteiger partial charge in [0.25, 0.3) is 0 Å². The van der Waals surface area contributed by atoms with Gasteiger partial charge in [0.15, 0.2) is 11.8 Å². The van der Waals surface area contributed by atoms with Crippen LogP contribution in [-0.4, -0.2) is 65.9 Å². The van der Waals surface area contributed by atoms with Gasteiger partial charge in [0.1, 0.15) is 5.82 Å². The smallest absolute Gasteiger partial charge is 0.337 e. The minimum absolute atomic E-state index is 0.253. The molecule has 6 heterocycles. The second-order valence-corrected chi connectivity index (χ2v) is 10.9. The number of piperidine rings is 1. The van der Waals surface area contributed by atoms with Gasteiger partial charge in [-0.25, -0.2) is 9.78 Å². The van der Waals surface area contributed by atoms with E-state index < -0.39 is 12.1 Å². The molecule has 10 heteroatoms. The Kier molecular flexibility index (Phi) is 6.60. The molecular formula is C29H34N6O4. The number of aliphatic hydroxyl groups is 1. The van der Waals surface area contributed by atoms with Gasteiger partial charge < -0.3 is 19.8 Å². The van der Waals surface area contributed by atoms with E-state index in [-0.39, 0.29) is 11.2 Å². The Balaban J connectivity index is 1.50. The van der Waals surface area contributed by atoms with Gasteiger partial charge in [-0.05, 0) is 58.1 Å². The molecule has 1 unspecified atom stereocenters. The highest BCUT2D eigenvalue weighted by Crippen LogP contribution is 2.36. The third-order valence-electron chi connectivity index (χ3n) is 8.01. The maximum Gasteiger partial charge on any atom is 0.337 e. The zero-order valence-corrected chi connectivity index (χ0v) is 22.4. The number of aromatic nitrogens is 5. The number of carboxylic acid groups (broad SMARTS) is 1. The number of nitrogens with zero attached hydrogens (tertiary/aromatic N) is 6. The second kappa shape index (κ2) is 10.1. The van der Waals surface area contributed by atoms with E-state index in [9.17, 15) is 15.0 Å². The van der Waals surface area contributed by atoms with E-state index in [1.807, 2.05) is 41.2 Å². The number of carbonyl (C=O) groups is 1. The molecule has 3 aliphatic rings. The van der Waals surface area contributed by atoms with E-state index in [2.05, 4.69) is 22.9 Å². The van der Waals surface area contributed by atoms with Gasteiger partial charge in [-0.1, -0.05) is 18.2 Å². The largest absolute Gasteiger partial charge is 0.479 e. The predicted molar refractivity (Wildman–Crippen MR) is 147 cm³/mol. The zero-order chi connectivity index (χ0) is 27.1. The van der Waals surface area contributed by atoms with Crippen LogP contribution >= 0.6 is 0 Å². The molecule has 0 radical (unpaired) electrons. The van der Waals surface area contributed by atoms with Crippen molar-refractivity contribution in [3.8, 4) is 22.5 Å². The van der Waals surface area contributed by atoms with Crippen LogP contribution in [0.1, 0.15) is 56.4 Å². The Hall–Kier alpha value is -3.76. The number of aryl methyl sites for hydroxylation is 2. The maximum absolute atomic E-state index is 11.9. The van der Waals surface area contributed by atoms with Crippen molar-refractivity contribution in [1.82, 2.24) is 24.4 Å². The molecule has 1 saturated heterocycles. The molecule has 8 bridgehead atoms. The van der Waals surface area contributed by atoms with E-state index in [0.717, 1.165) is 55.5 Å². The van der Waals surface area contributed by atoms with Crippen LogP contribution in [-0.2, 0) is 16.1 Å². The Morgan fingerprint density at radius 1 is 1.03 bits per heavy atom. The van der Waals surface area contributed by atoms with Crippen molar-refractivity contribution in [2.24, 2.45) is 0 Å². The van der Waals surface area contributed by atoms with Crippen molar-refractivity contribution < 1.29 is 19.7 Å². The molecule has 0 amide bonds. The number of hydrogen-bond acceptors (Lipinski definition) is 7. The number of hydrogen-bond donors (Lipinski definition) is 2. The standard InChI is InChI=1S/C29H34N6O4/c1-19-25(26(36)28(37)38)27-33-14-10-29(2,11-15-33)39-16-5-3-4-12-34-13-9-22(31-34)20-7-6-8-21(17-20)23-18-24(30-19)35(27)32-23/h6-9,13,17-18,26,36H,3-5,10-12,14-16H2,1-2H3,(H,37,38). The van der Waals surface area contributed by atoms with Crippen molar-refractivity contribution in [2.45, 2.75) is 64.2 Å². The van der Waals surface area contributed by atoms with Crippen molar-refractivity contribution in [2.75, 3.05) is 24.6 Å². The van der Waals surface area contributed by atoms with Crippen molar-refractivity contribution in [3.05, 3.63) is 53.9 Å². The SMILES string of the molecule is Cc1nc2cc3nn2c(c1C(O)C(=O)O)N1CCC(C)(CC1)OCCCCCn1ccc(n1)-c1cccc-3c1. The fourth-order valence-corrected chi connectivity index (χ4v) is 5.69. The monoisotopic (exact) mass is 530 g/mol. The Morgan fingerprint density at radius 2 is 1.79 bits per heavy atom. The zero-order valence-electron chi connectivity index (χ0n) is 22.4. The number of rotatable bonds is 2. The average molecular weight is 531 g/mol. The lowest BCUT2D eigenvalue weighted by molar-refractivity contribution is -0.147. The van der Waals surface area contributed by atoms with Crippen LogP contribution in [0.2, 0.25) is 0 Å². The number of aliphatic hydroxyl groups excluding tert-OH is 1. The number of anilines is 1. The van der Waals surface area contributed by atoms with Gasteiger partial charge in [0.2, 0.25) is 0 Å². The molecule has 0 aliphatic carbocycles. The molecule has 0 saturated carbocycles. The summed E-state index contributed by atoms with van der Waals surface area (Å²) in [5.74, 6) is -0.739. The summed E-state index contributed by atoms with van der Waals surface area (Å²) in [4.78, 5) is 18.7. The lowest BCUT2D eigenvalue weighted by Crippen LogP contribution is -2.45. The first-order chi connectivity index (χ1) is 18.8. The highest BCUT2D eigenvalue weighted by Gasteiger charge is 2.35. The summed E-state index contributed by atoms with van der Waals surface area (Å²) in [6, 6.07) is 12.0. The minimum Gasteiger partial charge on any atom is -0.479 e. The van der Waals surface area contributed by atoms with Crippen LogP contribution in [0, 0.1) is 6.92 Å². The van der Waals surface area contributed by atoms with E-state index in [1.165, 1.54) is 0 Å². The summed E-state index contributed by atoms with van der Waals surface area (Å²) in [6.45, 7) is 6.78. The summed E-state index contributed by atoms with van der Waals surface area (Å²) in [5, 5.41) is 30.2. The van der Waals surface area contributed by atoms with Crippen LogP contribution in [0.3, 0.4) is 0 Å². The first-order valence-electron chi connectivity index (χ1n) is 13.7. The number of carboxylic acids is 1. The summed E-state index contributed by atoms with van der Waals surface area (Å²) in [5.41, 5.74) is 4.61. The predicted octanol–water partition coefficient (Wildman–Crippen LogP) is 4.25. The van der Waals surface area contributed by atoms with Gasteiger partial charge in [-0.15, -0.1) is 0 Å². The van der Waals surface area contributed by atoms with Crippen LogP contribution in [0.25, 0.3) is 28.2 Å². The number of ether oxygens (including phenoxy) is 1. The van der Waals surface area contributed by atoms with E-state index >= 15 is 0 Å². The molecule has 3 aromatic heterocycles. The molecule has 3 aliphatic heterocycles. The normalized spacial score (nSPS) is 18.4. The molecule has 7 rings (SSSR count). The first kappa shape index (κ1) is 25.5. The summed E-state index contributed by atoms with van der Waals surface area (Å²) in [6.07, 6.45) is 4.97. The summed E-state index contributed by atoms with van der Waals surface area (Å²) < 4.78 is 10.1. The van der Waals surface area contributed by atoms with Gasteiger partial charge in [0, 0.05) is 55.3 Å². The molecule has 1 fully saturated rings. The van der Waals surface area contributed by atoms with Crippen LogP contribution in [0.5, 0.6) is 0 Å². The average Bonchev–Trinajstić information content (AvgIpc) is 3.57. The molecule has 0 spiro atoms. The fraction of sp³-hybridized carbons (Fsp3) is 0.448. The Morgan fingerprint density at radius 3 is 2.56 bits per heavy atom. The molecule has 204 valence electrons. The van der Waals surface area contributed by atoms with Gasteiger partial charge in [-0.2, -0.15) is 14.7 Å². The summed E-state index contributed by atoms with van der Waals surface area (Å²) in [7, 11) is 0. The fourth-order valence-electron chi connectivity index (χ4n) is 5.69. The van der Waals surface area contributed by atoms with Crippen molar-refractivity contribution in [3.63, 3.8) is 0 Å². The third kappa shape index (κ3) is 4.90. The van der Waals surface area contributed by atoms with Crippen molar-refractivity contribution >= 4 is 17.4 Å².